The predicted molar refractivity (Wildman–Crippen MR) is 136 cm³/mol. The molecule has 1 aliphatic rings. The van der Waals surface area contributed by atoms with Gasteiger partial charge in [-0.25, -0.2) is 8.78 Å². The molecule has 4 rings (SSSR count). The van der Waals surface area contributed by atoms with Gasteiger partial charge >= 0.3 is 5.97 Å². The van der Waals surface area contributed by atoms with Crippen LogP contribution in [0.15, 0.2) is 33.3 Å². The van der Waals surface area contributed by atoms with Crippen molar-refractivity contribution in [1.29, 1.82) is 0 Å². The summed E-state index contributed by atoms with van der Waals surface area (Å²) in [5, 5.41) is 9.16. The number of rotatable bonds is 12. The fraction of sp³-hybridized carbons (Fsp3) is 0.346. The zero-order chi connectivity index (χ0) is 29.8. The van der Waals surface area contributed by atoms with Crippen LogP contribution in [0.5, 0.6) is 5.75 Å². The van der Waals surface area contributed by atoms with E-state index in [1.165, 1.54) is 4.90 Å². The molecule has 0 saturated carbocycles. The molecule has 1 saturated heterocycles. The number of nitrogens with zero attached hydrogens (tertiary/aromatic N) is 3. The summed E-state index contributed by atoms with van der Waals surface area (Å²) in [7, 11) is 0. The maximum absolute atomic E-state index is 13.8. The summed E-state index contributed by atoms with van der Waals surface area (Å²) in [4.78, 5) is 56.5. The van der Waals surface area contributed by atoms with Crippen LogP contribution in [0.3, 0.4) is 0 Å². The number of aromatic nitrogens is 1. The van der Waals surface area contributed by atoms with Gasteiger partial charge in [0.05, 0.1) is 26.1 Å². The maximum Gasteiger partial charge on any atom is 0.304 e. The molecule has 0 spiro atoms. The topological polar surface area (TPSA) is 130 Å². The number of piperazine rings is 1. The van der Waals surface area contributed by atoms with Gasteiger partial charge in [0.2, 0.25) is 17.5 Å². The largest absolute Gasteiger partial charge is 0.481 e. The van der Waals surface area contributed by atoms with E-state index in [-0.39, 0.29) is 25.1 Å². The van der Waals surface area contributed by atoms with Crippen LogP contribution in [0.1, 0.15) is 18.6 Å². The van der Waals surface area contributed by atoms with Crippen LogP contribution < -0.4 is 4.74 Å². The number of ether oxygens (including phenoxy) is 1. The molecule has 1 fully saturated rings. The lowest BCUT2D eigenvalue weighted by molar-refractivity contribution is -0.143. The van der Waals surface area contributed by atoms with Gasteiger partial charge in [0.15, 0.2) is 34.5 Å². The number of furan rings is 1. The molecule has 0 aliphatic carbocycles. The summed E-state index contributed by atoms with van der Waals surface area (Å²) in [5.41, 5.74) is 1.24. The number of halogens is 5. The highest BCUT2D eigenvalue weighted by Gasteiger charge is 2.30. The Hall–Kier alpha value is -3.85. The fourth-order valence-electron chi connectivity index (χ4n) is 4.30. The lowest BCUT2D eigenvalue weighted by atomic mass is 9.94. The minimum Gasteiger partial charge on any atom is -0.481 e. The van der Waals surface area contributed by atoms with Crippen molar-refractivity contribution in [2.24, 2.45) is 5.92 Å². The lowest BCUT2D eigenvalue weighted by Crippen LogP contribution is -2.51. The molecule has 1 aliphatic heterocycles. The van der Waals surface area contributed by atoms with Gasteiger partial charge in [0.25, 0.3) is 0 Å². The summed E-state index contributed by atoms with van der Waals surface area (Å²) < 4.78 is 65.5. The summed E-state index contributed by atoms with van der Waals surface area (Å²) in [5.74, 6) is -13.1. The van der Waals surface area contributed by atoms with Gasteiger partial charge in [-0.2, -0.15) is 8.78 Å². The van der Waals surface area contributed by atoms with Crippen LogP contribution in [0, 0.1) is 29.2 Å². The number of carbonyl (C=O) groups excluding carboxylic acids is 3. The fourth-order valence-corrected chi connectivity index (χ4v) is 4.61. The summed E-state index contributed by atoms with van der Waals surface area (Å²) in [6, 6.07) is 3.49. The van der Waals surface area contributed by atoms with Crippen molar-refractivity contribution in [3.63, 3.8) is 0 Å². The van der Waals surface area contributed by atoms with Crippen LogP contribution >= 0.6 is 15.9 Å². The Labute approximate surface area is 238 Å². The number of carboxylic acid groups (broad SMARTS) is 1. The molecule has 0 radical (unpaired) electrons. The van der Waals surface area contributed by atoms with E-state index in [9.17, 15) is 36.7 Å². The molecule has 0 bridgehead atoms. The van der Waals surface area contributed by atoms with E-state index in [1.807, 2.05) is 4.90 Å². The van der Waals surface area contributed by atoms with E-state index in [2.05, 4.69) is 25.7 Å². The number of carbonyl (C=O) groups is 4. The number of amides is 1. The van der Waals surface area contributed by atoms with Gasteiger partial charge in [-0.15, -0.1) is 0 Å². The summed E-state index contributed by atoms with van der Waals surface area (Å²) in [6.07, 6.45) is 0.209. The first-order valence-electron chi connectivity index (χ1n) is 12.2. The highest BCUT2D eigenvalue weighted by molar-refractivity contribution is 9.10. The van der Waals surface area contributed by atoms with Gasteiger partial charge < -0.3 is 19.2 Å². The van der Waals surface area contributed by atoms with Crippen LogP contribution in [0.2, 0.25) is 0 Å². The van der Waals surface area contributed by atoms with Crippen molar-refractivity contribution in [1.82, 2.24) is 14.8 Å². The summed E-state index contributed by atoms with van der Waals surface area (Å²) >= 11 is 3.32. The third kappa shape index (κ3) is 7.47. The first-order valence-corrected chi connectivity index (χ1v) is 13.0. The van der Waals surface area contributed by atoms with Crippen molar-refractivity contribution < 1.29 is 51.0 Å². The Morgan fingerprint density at radius 3 is 2.44 bits per heavy atom. The number of aliphatic carboxylic acids is 1. The van der Waals surface area contributed by atoms with Crippen LogP contribution in [0.25, 0.3) is 11.1 Å². The van der Waals surface area contributed by atoms with Gasteiger partial charge in [0.1, 0.15) is 17.9 Å². The first kappa shape index (κ1) is 30.1. The minimum atomic E-state index is -1.87. The van der Waals surface area contributed by atoms with Crippen molar-refractivity contribution in [3.05, 3.63) is 57.9 Å². The second kappa shape index (κ2) is 12.8. The zero-order valence-electron chi connectivity index (χ0n) is 21.2. The van der Waals surface area contributed by atoms with Crippen LogP contribution in [-0.2, 0) is 25.7 Å². The number of Topliss-reactive ketones (excluding diaryl/α,β-unsaturated/α-hetero) is 2. The smallest absolute Gasteiger partial charge is 0.304 e. The zero-order valence-corrected chi connectivity index (χ0v) is 22.8. The second-order valence-corrected chi connectivity index (χ2v) is 10.3. The predicted octanol–water partition coefficient (Wildman–Crippen LogP) is 3.49. The first-order chi connectivity index (χ1) is 19.4. The van der Waals surface area contributed by atoms with E-state index in [0.717, 1.165) is 4.47 Å². The van der Waals surface area contributed by atoms with Gasteiger partial charge in [-0.05, 0) is 22.0 Å². The molecule has 3 heterocycles. The van der Waals surface area contributed by atoms with Gasteiger partial charge in [-0.1, -0.05) is 0 Å². The van der Waals surface area contributed by atoms with Gasteiger partial charge in [0, 0.05) is 48.2 Å². The van der Waals surface area contributed by atoms with E-state index in [0.29, 0.717) is 29.9 Å². The normalized spacial score (nSPS) is 14.9. The van der Waals surface area contributed by atoms with Crippen molar-refractivity contribution in [2.75, 3.05) is 32.8 Å². The van der Waals surface area contributed by atoms with Crippen molar-refractivity contribution in [3.8, 4) is 5.75 Å². The van der Waals surface area contributed by atoms with Crippen LogP contribution in [-0.4, -0.2) is 76.1 Å². The molecular weight excluding hydrogens is 622 g/mol. The molecule has 2 aromatic heterocycles. The average Bonchev–Trinajstić information content (AvgIpc) is 3.29. The molecule has 1 aromatic carbocycles. The Kier molecular flexibility index (Phi) is 9.38. The third-order valence-electron chi connectivity index (χ3n) is 6.31. The second-order valence-electron chi connectivity index (χ2n) is 9.37. The number of hydrogen-bond acceptors (Lipinski definition) is 8. The molecule has 41 heavy (non-hydrogen) atoms. The molecule has 15 heteroatoms. The summed E-state index contributed by atoms with van der Waals surface area (Å²) in [6.45, 7) is -0.647. The van der Waals surface area contributed by atoms with E-state index in [4.69, 9.17) is 9.52 Å². The molecule has 1 N–H and O–H groups in total. The lowest BCUT2D eigenvalue weighted by Gasteiger charge is -2.33. The Morgan fingerprint density at radius 1 is 1.07 bits per heavy atom. The minimum absolute atomic E-state index is 0.0197. The molecular formula is C26H22BrF4N3O7. The Bertz CT molecular complexity index is 1490. The monoisotopic (exact) mass is 643 g/mol. The van der Waals surface area contributed by atoms with Crippen LogP contribution in [0.4, 0.5) is 17.6 Å². The number of benzene rings is 1. The molecule has 10 nitrogen and oxygen atoms in total. The Morgan fingerprint density at radius 2 is 1.78 bits per heavy atom. The Balaban J connectivity index is 1.31. The standard InChI is InChI=1S/C26H22BrF4N3O7/c27-14-5-21-19(32-8-14)6-16(41-21)10-33-1-2-34(22(37)11-33)9-15(35)3-13(4-23(38)39)20(36)12-40-26-24(30)17(28)7-18(29)25(26)31/h5-8,13H,1-4,9-12H2,(H,38,39)/t13-/m0/s1. The SMILES string of the molecule is O=C(O)C[C@H](CC(=O)CN1CCN(Cc2cc3ncc(Br)cc3o2)CC1=O)C(=O)COc1c(F)c(F)cc(F)c1F. The molecule has 218 valence electrons. The van der Waals surface area contributed by atoms with E-state index in [1.54, 1.807) is 18.3 Å². The maximum atomic E-state index is 13.8. The number of fused-ring (bicyclic) bond motifs is 1. The number of ketones is 2. The van der Waals surface area contributed by atoms with Crippen molar-refractivity contribution >= 4 is 50.5 Å². The highest BCUT2D eigenvalue weighted by atomic mass is 79.9. The quantitative estimate of drug-likeness (QED) is 0.233. The van der Waals surface area contributed by atoms with E-state index < -0.39 is 78.5 Å². The van der Waals surface area contributed by atoms with E-state index >= 15 is 0 Å². The number of pyridine rings is 1. The average molecular weight is 644 g/mol. The van der Waals surface area contributed by atoms with Crippen molar-refractivity contribution in [2.45, 2.75) is 19.4 Å². The highest BCUT2D eigenvalue weighted by Crippen LogP contribution is 2.27. The number of carboxylic acids is 1. The third-order valence-corrected chi connectivity index (χ3v) is 6.75. The molecule has 0 unspecified atom stereocenters. The number of hydrogen-bond donors (Lipinski definition) is 1. The molecule has 1 amide bonds. The molecule has 3 aromatic rings. The van der Waals surface area contributed by atoms with Gasteiger partial charge in [-0.3, -0.25) is 29.1 Å². The molecule has 1 atom stereocenters.